The van der Waals surface area contributed by atoms with E-state index in [9.17, 15) is 9.59 Å². The van der Waals surface area contributed by atoms with Crippen molar-refractivity contribution in [3.63, 3.8) is 0 Å². The highest BCUT2D eigenvalue weighted by molar-refractivity contribution is 6.09. The van der Waals surface area contributed by atoms with Crippen molar-refractivity contribution in [2.45, 2.75) is 26.3 Å². The Hall–Kier alpha value is -2.24. The highest BCUT2D eigenvalue weighted by Crippen LogP contribution is 2.25. The summed E-state index contributed by atoms with van der Waals surface area (Å²) < 4.78 is 5.05. The van der Waals surface area contributed by atoms with Gasteiger partial charge in [-0.3, -0.25) is 15.1 Å². The Bertz CT molecular complexity index is 539. The fraction of sp³-hybridized carbons (Fsp3) is 0.385. The quantitative estimate of drug-likeness (QED) is 0.809. The Morgan fingerprint density at radius 2 is 2.21 bits per heavy atom. The summed E-state index contributed by atoms with van der Waals surface area (Å²) in [6.45, 7) is 5.47. The zero-order chi connectivity index (χ0) is 14.0. The molecule has 6 nitrogen and oxygen atoms in total. The van der Waals surface area contributed by atoms with Crippen LogP contribution in [0.1, 0.15) is 31.1 Å². The molecule has 0 spiro atoms. The van der Waals surface area contributed by atoms with Gasteiger partial charge in [-0.2, -0.15) is 0 Å². The predicted molar refractivity (Wildman–Crippen MR) is 68.5 cm³/mol. The topological polar surface area (TPSA) is 80.7 Å². The molecule has 0 aliphatic carbocycles. The van der Waals surface area contributed by atoms with Crippen molar-refractivity contribution in [2.75, 3.05) is 0 Å². The van der Waals surface area contributed by atoms with E-state index in [2.05, 4.69) is 15.3 Å². The molecule has 0 saturated carbocycles. The lowest BCUT2D eigenvalue weighted by molar-refractivity contribution is -0.124. The Kier molecular flexibility index (Phi) is 3.33. The molecule has 19 heavy (non-hydrogen) atoms. The molecule has 1 aliphatic rings. The lowest BCUT2D eigenvalue weighted by Gasteiger charge is -2.21. The van der Waals surface area contributed by atoms with Gasteiger partial charge >= 0.3 is 12.0 Å². The van der Waals surface area contributed by atoms with E-state index in [1.807, 2.05) is 13.8 Å². The summed E-state index contributed by atoms with van der Waals surface area (Å²) in [7, 11) is 0. The first-order valence-electron chi connectivity index (χ1n) is 5.97. The first-order chi connectivity index (χ1) is 8.93. The molecular weight excluding hydrogens is 246 g/mol. The zero-order valence-electron chi connectivity index (χ0n) is 11.0. The van der Waals surface area contributed by atoms with Crippen LogP contribution in [0.25, 0.3) is 0 Å². The van der Waals surface area contributed by atoms with Crippen molar-refractivity contribution in [3.05, 3.63) is 30.1 Å². The second kappa shape index (κ2) is 4.79. The van der Waals surface area contributed by atoms with E-state index in [0.29, 0.717) is 5.56 Å². The van der Waals surface area contributed by atoms with Crippen molar-refractivity contribution in [3.8, 4) is 0 Å². The molecule has 0 fully saturated rings. The van der Waals surface area contributed by atoms with E-state index in [4.69, 9.17) is 4.74 Å². The summed E-state index contributed by atoms with van der Waals surface area (Å²) >= 11 is 0. The molecule has 1 atom stereocenters. The van der Waals surface area contributed by atoms with Gasteiger partial charge in [0.25, 0.3) is 5.91 Å². The number of pyridine rings is 1. The largest absolute Gasteiger partial charge is 0.389 e. The number of aliphatic imine (C=N–C) groups is 1. The van der Waals surface area contributed by atoms with Crippen LogP contribution in [0.15, 0.2) is 29.5 Å². The van der Waals surface area contributed by atoms with Gasteiger partial charge in [-0.15, -0.1) is 0 Å². The smallest absolute Gasteiger partial charge is 0.347 e. The highest BCUT2D eigenvalue weighted by Gasteiger charge is 2.43. The van der Waals surface area contributed by atoms with Gasteiger partial charge in [0.05, 0.1) is 5.56 Å². The van der Waals surface area contributed by atoms with Crippen LogP contribution in [-0.2, 0) is 9.53 Å². The number of rotatable bonds is 2. The fourth-order valence-electron chi connectivity index (χ4n) is 1.58. The van der Waals surface area contributed by atoms with Crippen molar-refractivity contribution in [2.24, 2.45) is 10.9 Å². The van der Waals surface area contributed by atoms with Crippen LogP contribution in [-0.4, -0.2) is 28.4 Å². The Labute approximate surface area is 110 Å². The summed E-state index contributed by atoms with van der Waals surface area (Å²) in [6.07, 6.45) is 2.95. The summed E-state index contributed by atoms with van der Waals surface area (Å²) in [5.41, 5.74) is -0.595. The first-order valence-corrected chi connectivity index (χ1v) is 5.97. The zero-order valence-corrected chi connectivity index (χ0v) is 11.0. The van der Waals surface area contributed by atoms with E-state index in [1.165, 1.54) is 6.20 Å². The molecule has 0 radical (unpaired) electrons. The molecule has 2 heterocycles. The highest BCUT2D eigenvalue weighted by atomic mass is 16.6. The number of amidine groups is 1. The Balaban J connectivity index is 2.14. The van der Waals surface area contributed by atoms with Crippen molar-refractivity contribution >= 4 is 17.9 Å². The van der Waals surface area contributed by atoms with Crippen LogP contribution in [0.5, 0.6) is 0 Å². The van der Waals surface area contributed by atoms with Gasteiger partial charge in [-0.05, 0) is 25.0 Å². The number of ether oxygens (including phenoxy) is 1. The molecule has 0 bridgehead atoms. The number of hydrogen-bond donors (Lipinski definition) is 1. The molecule has 1 N–H and O–H groups in total. The maximum Gasteiger partial charge on any atom is 0.347 e. The van der Waals surface area contributed by atoms with Crippen LogP contribution in [0.3, 0.4) is 0 Å². The molecule has 2 rings (SSSR count). The number of esters is 1. The minimum absolute atomic E-state index is 0.00194. The number of nitrogens with one attached hydrogen (secondary N) is 1. The summed E-state index contributed by atoms with van der Waals surface area (Å²) in [6, 6.07) is 3.15. The molecular formula is C13H15N3O3. The first kappa shape index (κ1) is 13.2. The van der Waals surface area contributed by atoms with Crippen molar-refractivity contribution < 1.29 is 14.3 Å². The van der Waals surface area contributed by atoms with E-state index in [-0.39, 0.29) is 17.8 Å². The van der Waals surface area contributed by atoms with E-state index in [1.54, 1.807) is 25.3 Å². The third-order valence-corrected chi connectivity index (χ3v) is 3.22. The SMILES string of the molecule is CC(C)C1(C)N=C(OC(=O)c2cccnc2)NC1=O. The number of carbonyl (C=O) groups is 2. The van der Waals surface area contributed by atoms with Gasteiger partial charge < -0.3 is 4.74 Å². The number of aromatic nitrogens is 1. The monoisotopic (exact) mass is 261 g/mol. The second-order valence-corrected chi connectivity index (χ2v) is 4.80. The summed E-state index contributed by atoms with van der Waals surface area (Å²) in [4.78, 5) is 31.6. The molecule has 100 valence electrons. The number of hydrogen-bond acceptors (Lipinski definition) is 5. The fourth-order valence-corrected chi connectivity index (χ4v) is 1.58. The summed E-state index contributed by atoms with van der Waals surface area (Å²) in [5.74, 6) is -0.862. The minimum atomic E-state index is -0.898. The standard InChI is InChI=1S/C13H15N3O3/c1-8(2)13(3)11(18)15-12(16-13)19-10(17)9-5-4-6-14-7-9/h4-8H,1-3H3,(H,15,16,18). The van der Waals surface area contributed by atoms with Crippen LogP contribution in [0, 0.1) is 5.92 Å². The molecule has 6 heteroatoms. The van der Waals surface area contributed by atoms with E-state index >= 15 is 0 Å². The van der Waals surface area contributed by atoms with Gasteiger partial charge in [-0.1, -0.05) is 13.8 Å². The summed E-state index contributed by atoms with van der Waals surface area (Å²) in [5, 5.41) is 2.47. The normalized spacial score (nSPS) is 22.1. The molecule has 0 aromatic carbocycles. The van der Waals surface area contributed by atoms with Crippen LogP contribution in [0.4, 0.5) is 0 Å². The number of carbonyl (C=O) groups excluding carboxylic acids is 2. The number of nitrogens with zero attached hydrogens (tertiary/aromatic N) is 2. The van der Waals surface area contributed by atoms with Crippen molar-refractivity contribution in [1.29, 1.82) is 0 Å². The predicted octanol–water partition coefficient (Wildman–Crippen LogP) is 1.14. The minimum Gasteiger partial charge on any atom is -0.389 e. The van der Waals surface area contributed by atoms with Gasteiger partial charge in [0.1, 0.15) is 5.54 Å². The number of amides is 1. The third kappa shape index (κ3) is 2.47. The Morgan fingerprint density at radius 1 is 1.47 bits per heavy atom. The van der Waals surface area contributed by atoms with Gasteiger partial charge in [-0.25, -0.2) is 9.79 Å². The molecule has 1 unspecified atom stereocenters. The van der Waals surface area contributed by atoms with Crippen LogP contribution in [0.2, 0.25) is 0 Å². The Morgan fingerprint density at radius 3 is 2.74 bits per heavy atom. The van der Waals surface area contributed by atoms with Gasteiger partial charge in [0.15, 0.2) is 0 Å². The average molecular weight is 261 g/mol. The lowest BCUT2D eigenvalue weighted by atomic mass is 9.89. The molecule has 1 aliphatic heterocycles. The van der Waals surface area contributed by atoms with Crippen LogP contribution >= 0.6 is 0 Å². The van der Waals surface area contributed by atoms with Crippen LogP contribution < -0.4 is 5.32 Å². The lowest BCUT2D eigenvalue weighted by Crippen LogP contribution is -2.41. The second-order valence-electron chi connectivity index (χ2n) is 4.80. The maximum atomic E-state index is 11.8. The van der Waals surface area contributed by atoms with E-state index in [0.717, 1.165) is 0 Å². The van der Waals surface area contributed by atoms with Gasteiger partial charge in [0, 0.05) is 12.4 Å². The molecule has 1 amide bonds. The third-order valence-electron chi connectivity index (χ3n) is 3.22. The van der Waals surface area contributed by atoms with Crippen molar-refractivity contribution in [1.82, 2.24) is 10.3 Å². The maximum absolute atomic E-state index is 11.8. The van der Waals surface area contributed by atoms with Gasteiger partial charge in [0.2, 0.25) is 0 Å². The molecule has 0 saturated heterocycles. The molecule has 1 aromatic rings. The molecule has 1 aromatic heterocycles. The average Bonchev–Trinajstić information content (AvgIpc) is 2.67. The van der Waals surface area contributed by atoms with E-state index < -0.39 is 11.5 Å².